The maximum Gasteiger partial charge on any atom is 0.477 e. The molecule has 2 unspecified atom stereocenters. The number of hydrogen-bond acceptors (Lipinski definition) is 12. The Morgan fingerprint density at radius 1 is 1.24 bits per heavy atom. The van der Waals surface area contributed by atoms with Crippen molar-refractivity contribution in [3.8, 4) is 0 Å². The van der Waals surface area contributed by atoms with Crippen molar-refractivity contribution in [2.75, 3.05) is 17.8 Å². The smallest absolute Gasteiger partial charge is 0.385 e. The van der Waals surface area contributed by atoms with Crippen LogP contribution in [0.15, 0.2) is 42.9 Å². The van der Waals surface area contributed by atoms with Crippen molar-refractivity contribution in [3.63, 3.8) is 0 Å². The zero-order valence-corrected chi connectivity index (χ0v) is 21.3. The monoisotopic (exact) mass is 576 g/mol. The van der Waals surface area contributed by atoms with Gasteiger partial charge in [0.2, 0.25) is 0 Å². The van der Waals surface area contributed by atoms with E-state index in [4.69, 9.17) is 34.5 Å². The summed E-state index contributed by atoms with van der Waals surface area (Å²) in [5, 5.41) is 24.6. The number of nitrogens with one attached hydrogen (secondary N) is 1. The van der Waals surface area contributed by atoms with E-state index in [9.17, 15) is 23.2 Å². The SMILES string of the molecule is O=P1(OC2O[C@@H](n3ccc4c(NCS(=O)(=O)O)ncnc43)[C@H](O)[C@@H]2O)OCC[C@@H](c2cccc(Cl)c2)O1. The first-order valence-electron chi connectivity index (χ1n) is 10.9. The summed E-state index contributed by atoms with van der Waals surface area (Å²) in [5.41, 5.74) is 0.880. The molecular weight excluding hydrogens is 555 g/mol. The standard InChI is InChI=1S/C20H22ClN4O10PS/c21-12-3-1-2-11(8-12)14-5-7-32-36(28,34-14)35-20-16(27)15(26)19(33-20)25-6-4-13-17(22-9-23-18(13)25)24-10-37(29,30)31/h1-4,6,8-9,14-16,19-20,26-27H,5,7,10H2,(H,22,23,24)(H,29,30,31)/t14-,15+,16-,19+,20?,36?/m0/s1. The summed E-state index contributed by atoms with van der Waals surface area (Å²) >= 11 is 6.04. The zero-order valence-electron chi connectivity index (χ0n) is 18.8. The molecular formula is C20H22ClN4O10PS. The van der Waals surface area contributed by atoms with E-state index in [1.165, 1.54) is 16.8 Å². The third-order valence-corrected chi connectivity index (χ3v) is 7.96. The lowest BCUT2D eigenvalue weighted by molar-refractivity contribution is -0.144. The molecule has 0 radical (unpaired) electrons. The minimum absolute atomic E-state index is 0.0434. The predicted molar refractivity (Wildman–Crippen MR) is 128 cm³/mol. The highest BCUT2D eigenvalue weighted by molar-refractivity contribution is 7.85. The number of phosphoric acid groups is 1. The highest BCUT2D eigenvalue weighted by Gasteiger charge is 2.50. The molecule has 2 aromatic heterocycles. The van der Waals surface area contributed by atoms with Gasteiger partial charge in [-0.2, -0.15) is 8.42 Å². The van der Waals surface area contributed by atoms with Crippen LogP contribution in [0.2, 0.25) is 5.02 Å². The van der Waals surface area contributed by atoms with E-state index in [1.807, 2.05) is 0 Å². The van der Waals surface area contributed by atoms with Crippen molar-refractivity contribution in [2.45, 2.75) is 37.3 Å². The number of nitrogens with zero attached hydrogens (tertiary/aromatic N) is 3. The molecule has 5 rings (SSSR count). The molecule has 2 fully saturated rings. The number of hydrogen-bond donors (Lipinski definition) is 4. The molecule has 17 heteroatoms. The number of rotatable bonds is 7. The first kappa shape index (κ1) is 26.4. The molecule has 2 aliphatic heterocycles. The largest absolute Gasteiger partial charge is 0.477 e. The van der Waals surface area contributed by atoms with Crippen molar-refractivity contribution in [3.05, 3.63) is 53.4 Å². The van der Waals surface area contributed by atoms with Gasteiger partial charge in [0, 0.05) is 17.6 Å². The van der Waals surface area contributed by atoms with E-state index in [2.05, 4.69) is 15.3 Å². The Morgan fingerprint density at radius 3 is 2.81 bits per heavy atom. The van der Waals surface area contributed by atoms with Crippen LogP contribution in [0.25, 0.3) is 11.0 Å². The van der Waals surface area contributed by atoms with E-state index in [-0.39, 0.29) is 18.1 Å². The van der Waals surface area contributed by atoms with Crippen LogP contribution >= 0.6 is 19.4 Å². The predicted octanol–water partition coefficient (Wildman–Crippen LogP) is 2.22. The van der Waals surface area contributed by atoms with Gasteiger partial charge >= 0.3 is 7.82 Å². The molecule has 3 aromatic rings. The second kappa shape index (κ2) is 10.2. The van der Waals surface area contributed by atoms with Crippen molar-refractivity contribution in [1.82, 2.24) is 14.5 Å². The van der Waals surface area contributed by atoms with Crippen LogP contribution in [0.1, 0.15) is 24.3 Å². The molecule has 2 saturated heterocycles. The van der Waals surface area contributed by atoms with Gasteiger partial charge in [0.15, 0.2) is 12.5 Å². The number of aromatic nitrogens is 3. The van der Waals surface area contributed by atoms with Crippen LogP contribution < -0.4 is 5.32 Å². The van der Waals surface area contributed by atoms with E-state index in [0.717, 1.165) is 6.33 Å². The average Bonchev–Trinajstić information content (AvgIpc) is 3.39. The molecule has 4 N–H and O–H groups in total. The van der Waals surface area contributed by atoms with Crippen molar-refractivity contribution in [2.24, 2.45) is 0 Å². The minimum atomic E-state index is -4.32. The summed E-state index contributed by atoms with van der Waals surface area (Å²) in [6.07, 6.45) is -3.65. The quantitative estimate of drug-likeness (QED) is 0.236. The molecule has 6 atom stereocenters. The van der Waals surface area contributed by atoms with Gasteiger partial charge < -0.3 is 24.8 Å². The normalized spacial score (nSPS) is 30.5. The number of halogens is 1. The Labute approximate surface area is 215 Å². The maximum atomic E-state index is 13.2. The lowest BCUT2D eigenvalue weighted by Crippen LogP contribution is -2.33. The Bertz CT molecular complexity index is 1460. The first-order valence-corrected chi connectivity index (χ1v) is 14.4. The van der Waals surface area contributed by atoms with Crippen LogP contribution in [-0.4, -0.2) is 68.7 Å². The van der Waals surface area contributed by atoms with Crippen molar-refractivity contribution >= 4 is 46.4 Å². The number of aliphatic hydroxyl groups is 2. The lowest BCUT2D eigenvalue weighted by atomic mass is 10.1. The molecule has 0 aliphatic carbocycles. The average molecular weight is 577 g/mol. The Hall–Kier alpha value is -2.17. The van der Waals surface area contributed by atoms with Crippen LogP contribution in [-0.2, 0) is 33.0 Å². The lowest BCUT2D eigenvalue weighted by Gasteiger charge is -2.30. The molecule has 0 bridgehead atoms. The Balaban J connectivity index is 1.33. The summed E-state index contributed by atoms with van der Waals surface area (Å²) in [6.45, 7) is 0.0434. The highest BCUT2D eigenvalue weighted by Crippen LogP contribution is 2.59. The topological polar surface area (TPSA) is 192 Å². The highest BCUT2D eigenvalue weighted by atomic mass is 35.5. The number of fused-ring (bicyclic) bond motifs is 1. The van der Waals surface area contributed by atoms with Crippen LogP contribution in [0, 0.1) is 0 Å². The van der Waals surface area contributed by atoms with Crippen molar-refractivity contribution < 1.29 is 46.1 Å². The van der Waals surface area contributed by atoms with E-state index < -0.39 is 54.6 Å². The molecule has 0 amide bonds. The summed E-state index contributed by atoms with van der Waals surface area (Å²) in [7, 11) is -8.53. The molecule has 1 aromatic carbocycles. The number of benzene rings is 1. The molecule has 200 valence electrons. The summed E-state index contributed by atoms with van der Waals surface area (Å²) in [5.74, 6) is -0.685. The van der Waals surface area contributed by atoms with Gasteiger partial charge in [-0.25, -0.2) is 14.5 Å². The van der Waals surface area contributed by atoms with E-state index >= 15 is 0 Å². The fourth-order valence-corrected chi connectivity index (χ4v) is 6.04. The molecule has 37 heavy (non-hydrogen) atoms. The summed E-state index contributed by atoms with van der Waals surface area (Å²) in [4.78, 5) is 8.08. The Kier molecular flexibility index (Phi) is 7.28. The van der Waals surface area contributed by atoms with Crippen LogP contribution in [0.4, 0.5) is 5.82 Å². The molecule has 14 nitrogen and oxygen atoms in total. The summed E-state index contributed by atoms with van der Waals surface area (Å²) in [6, 6.07) is 8.35. The molecule has 0 spiro atoms. The number of ether oxygens (including phenoxy) is 1. The first-order chi connectivity index (χ1) is 17.5. The fourth-order valence-electron chi connectivity index (χ4n) is 4.05. The maximum absolute atomic E-state index is 13.2. The van der Waals surface area contributed by atoms with Gasteiger partial charge in [0.05, 0.1) is 18.1 Å². The fraction of sp³-hybridized carbons (Fsp3) is 0.400. The number of aliphatic hydroxyl groups excluding tert-OH is 2. The molecule has 4 heterocycles. The van der Waals surface area contributed by atoms with Gasteiger partial charge in [-0.15, -0.1) is 0 Å². The Morgan fingerprint density at radius 2 is 2.05 bits per heavy atom. The minimum Gasteiger partial charge on any atom is -0.385 e. The summed E-state index contributed by atoms with van der Waals surface area (Å²) < 4.78 is 67.7. The van der Waals surface area contributed by atoms with Gasteiger partial charge in [-0.05, 0) is 23.8 Å². The third-order valence-electron chi connectivity index (χ3n) is 5.74. The second-order valence-corrected chi connectivity index (χ2v) is 11.7. The van der Waals surface area contributed by atoms with Gasteiger partial charge in [0.25, 0.3) is 10.1 Å². The third kappa shape index (κ3) is 5.66. The van der Waals surface area contributed by atoms with Gasteiger partial charge in [-0.1, -0.05) is 23.7 Å². The zero-order chi connectivity index (χ0) is 26.4. The molecule has 0 saturated carbocycles. The number of anilines is 1. The second-order valence-electron chi connectivity index (χ2n) is 8.29. The van der Waals surface area contributed by atoms with E-state index in [0.29, 0.717) is 22.4 Å². The van der Waals surface area contributed by atoms with Gasteiger partial charge in [0.1, 0.15) is 35.9 Å². The van der Waals surface area contributed by atoms with E-state index in [1.54, 1.807) is 24.3 Å². The van der Waals surface area contributed by atoms with Gasteiger partial charge in [-0.3, -0.25) is 18.1 Å². The number of phosphoric ester groups is 1. The van der Waals surface area contributed by atoms with Crippen LogP contribution in [0.3, 0.4) is 0 Å². The van der Waals surface area contributed by atoms with Crippen molar-refractivity contribution in [1.29, 1.82) is 0 Å². The molecule has 2 aliphatic rings. The van der Waals surface area contributed by atoms with Crippen LogP contribution in [0.5, 0.6) is 0 Å².